The summed E-state index contributed by atoms with van der Waals surface area (Å²) in [6.45, 7) is 2.68. The van der Waals surface area contributed by atoms with Gasteiger partial charge in [-0.2, -0.15) is 0 Å². The Bertz CT molecular complexity index is 834. The molecule has 0 fully saturated rings. The van der Waals surface area contributed by atoms with Crippen LogP contribution in [0.4, 0.5) is 4.39 Å². The molecule has 7 heteroatoms. The Labute approximate surface area is 143 Å². The van der Waals surface area contributed by atoms with Gasteiger partial charge in [-0.1, -0.05) is 11.8 Å². The average molecular weight is 342 g/mol. The van der Waals surface area contributed by atoms with E-state index in [9.17, 15) is 9.18 Å². The van der Waals surface area contributed by atoms with Crippen molar-refractivity contribution in [1.82, 2.24) is 19.7 Å². The molecule has 0 bridgehead atoms. The van der Waals surface area contributed by atoms with Gasteiger partial charge in [0.15, 0.2) is 16.8 Å². The number of hydrogen-bond acceptors (Lipinski definition) is 5. The number of rotatable bonds is 6. The first kappa shape index (κ1) is 16.3. The molecule has 5 nitrogen and oxygen atoms in total. The highest BCUT2D eigenvalue weighted by molar-refractivity contribution is 7.99. The molecule has 0 aliphatic heterocycles. The molecule has 0 aliphatic carbocycles. The van der Waals surface area contributed by atoms with Crippen molar-refractivity contribution in [2.45, 2.75) is 18.6 Å². The van der Waals surface area contributed by atoms with Crippen molar-refractivity contribution in [1.29, 1.82) is 0 Å². The molecule has 0 unspecified atom stereocenters. The molecule has 24 heavy (non-hydrogen) atoms. The number of hydrogen-bond donors (Lipinski definition) is 0. The second kappa shape index (κ2) is 7.35. The molecule has 0 amide bonds. The van der Waals surface area contributed by atoms with Gasteiger partial charge in [0.1, 0.15) is 5.82 Å². The third kappa shape index (κ3) is 3.51. The molecular formula is C17H15FN4OS. The number of benzene rings is 1. The smallest absolute Gasteiger partial charge is 0.191 e. The number of Topliss-reactive ketones (excluding diaryl/α,β-unsaturated/α-hetero) is 1. The van der Waals surface area contributed by atoms with Crippen LogP contribution in [-0.4, -0.2) is 31.3 Å². The van der Waals surface area contributed by atoms with Crippen LogP contribution in [0.25, 0.3) is 11.4 Å². The topological polar surface area (TPSA) is 60.7 Å². The molecule has 122 valence electrons. The van der Waals surface area contributed by atoms with Crippen LogP contribution in [0.5, 0.6) is 0 Å². The van der Waals surface area contributed by atoms with Crippen LogP contribution in [-0.2, 0) is 6.54 Å². The Morgan fingerprint density at radius 2 is 2.00 bits per heavy atom. The second-order valence-electron chi connectivity index (χ2n) is 5.01. The van der Waals surface area contributed by atoms with Gasteiger partial charge in [-0.3, -0.25) is 9.78 Å². The van der Waals surface area contributed by atoms with Crippen molar-refractivity contribution < 1.29 is 9.18 Å². The molecule has 0 saturated carbocycles. The third-order valence-electron chi connectivity index (χ3n) is 3.45. The Morgan fingerprint density at radius 3 is 2.67 bits per heavy atom. The minimum absolute atomic E-state index is 0.0754. The van der Waals surface area contributed by atoms with Gasteiger partial charge in [0.2, 0.25) is 0 Å². The van der Waals surface area contributed by atoms with Crippen molar-refractivity contribution >= 4 is 17.5 Å². The largest absolute Gasteiger partial charge is 0.302 e. The predicted octanol–water partition coefficient (Wildman–Crippen LogP) is 3.47. The summed E-state index contributed by atoms with van der Waals surface area (Å²) in [5, 5.41) is 9.06. The zero-order chi connectivity index (χ0) is 16.9. The van der Waals surface area contributed by atoms with E-state index in [0.717, 1.165) is 11.4 Å². The number of nitrogens with zero attached hydrogens (tertiary/aromatic N) is 4. The van der Waals surface area contributed by atoms with Crippen LogP contribution in [0.2, 0.25) is 0 Å². The van der Waals surface area contributed by atoms with Gasteiger partial charge in [0, 0.05) is 30.1 Å². The highest BCUT2D eigenvalue weighted by Crippen LogP contribution is 2.24. The number of carbonyl (C=O) groups is 1. The van der Waals surface area contributed by atoms with Crippen molar-refractivity contribution in [3.8, 4) is 11.4 Å². The number of thioether (sulfide) groups is 1. The van der Waals surface area contributed by atoms with Gasteiger partial charge in [0.25, 0.3) is 0 Å². The molecule has 0 radical (unpaired) electrons. The van der Waals surface area contributed by atoms with Crippen molar-refractivity contribution in [2.24, 2.45) is 0 Å². The summed E-state index contributed by atoms with van der Waals surface area (Å²) in [6.07, 6.45) is 3.43. The molecular weight excluding hydrogens is 327 g/mol. The van der Waals surface area contributed by atoms with Crippen LogP contribution in [0.3, 0.4) is 0 Å². The molecule has 1 aromatic carbocycles. The van der Waals surface area contributed by atoms with Gasteiger partial charge in [-0.05, 0) is 43.3 Å². The first-order valence-electron chi connectivity index (χ1n) is 7.44. The Morgan fingerprint density at radius 1 is 1.21 bits per heavy atom. The molecule has 0 spiro atoms. The molecule has 2 aromatic heterocycles. The summed E-state index contributed by atoms with van der Waals surface area (Å²) in [6, 6.07) is 9.31. The Kier molecular flexibility index (Phi) is 5.00. The zero-order valence-electron chi connectivity index (χ0n) is 13.0. The molecule has 3 rings (SSSR count). The fourth-order valence-corrected chi connectivity index (χ4v) is 3.14. The third-order valence-corrected chi connectivity index (χ3v) is 4.42. The summed E-state index contributed by atoms with van der Waals surface area (Å²) >= 11 is 1.32. The van der Waals surface area contributed by atoms with Crippen LogP contribution < -0.4 is 0 Å². The standard InChI is InChI=1S/C17H15FN4OS/c1-2-22-16(13-4-3-9-19-10-13)20-21-17(22)24-11-15(23)12-5-7-14(18)8-6-12/h3-10H,2,11H2,1H3. The van der Waals surface area contributed by atoms with E-state index in [4.69, 9.17) is 0 Å². The summed E-state index contributed by atoms with van der Waals surface area (Å²) < 4.78 is 14.9. The number of carbonyl (C=O) groups excluding carboxylic acids is 1. The molecule has 2 heterocycles. The number of halogens is 1. The predicted molar refractivity (Wildman–Crippen MR) is 90.4 cm³/mol. The summed E-state index contributed by atoms with van der Waals surface area (Å²) in [5.74, 6) is 0.513. The van der Waals surface area contributed by atoms with Gasteiger partial charge in [-0.15, -0.1) is 10.2 Å². The zero-order valence-corrected chi connectivity index (χ0v) is 13.8. The minimum Gasteiger partial charge on any atom is -0.302 e. The van der Waals surface area contributed by atoms with Crippen molar-refractivity contribution in [3.63, 3.8) is 0 Å². The molecule has 0 saturated heterocycles. The van der Waals surface area contributed by atoms with Gasteiger partial charge >= 0.3 is 0 Å². The van der Waals surface area contributed by atoms with E-state index in [1.54, 1.807) is 12.4 Å². The highest BCUT2D eigenvalue weighted by atomic mass is 32.2. The first-order valence-corrected chi connectivity index (χ1v) is 8.42. The normalized spacial score (nSPS) is 10.8. The van der Waals surface area contributed by atoms with E-state index in [1.165, 1.54) is 36.0 Å². The molecule has 0 N–H and O–H groups in total. The lowest BCUT2D eigenvalue weighted by Crippen LogP contribution is -2.05. The highest BCUT2D eigenvalue weighted by Gasteiger charge is 2.15. The SMILES string of the molecule is CCn1c(SCC(=O)c2ccc(F)cc2)nnc1-c1cccnc1. The second-order valence-corrected chi connectivity index (χ2v) is 5.95. The summed E-state index contributed by atoms with van der Waals surface area (Å²) in [7, 11) is 0. The van der Waals surface area contributed by atoms with E-state index in [0.29, 0.717) is 17.3 Å². The minimum atomic E-state index is -0.356. The fraction of sp³-hybridized carbons (Fsp3) is 0.176. The monoisotopic (exact) mass is 342 g/mol. The number of aromatic nitrogens is 4. The molecule has 0 atom stereocenters. The molecule has 0 aliphatic rings. The molecule has 3 aromatic rings. The number of pyridine rings is 1. The van der Waals surface area contributed by atoms with Gasteiger partial charge in [-0.25, -0.2) is 4.39 Å². The van der Waals surface area contributed by atoms with E-state index < -0.39 is 0 Å². The van der Waals surface area contributed by atoms with Gasteiger partial charge in [0.05, 0.1) is 5.75 Å². The lowest BCUT2D eigenvalue weighted by atomic mass is 10.1. The Hall–Kier alpha value is -2.54. The maximum absolute atomic E-state index is 12.9. The van der Waals surface area contributed by atoms with Crippen molar-refractivity contribution in [3.05, 3.63) is 60.2 Å². The van der Waals surface area contributed by atoms with E-state index in [2.05, 4.69) is 15.2 Å². The lowest BCUT2D eigenvalue weighted by molar-refractivity contribution is 0.102. The van der Waals surface area contributed by atoms with E-state index in [-0.39, 0.29) is 17.4 Å². The quantitative estimate of drug-likeness (QED) is 0.507. The number of ketones is 1. The summed E-state index contributed by atoms with van der Waals surface area (Å²) in [4.78, 5) is 16.3. The van der Waals surface area contributed by atoms with Crippen LogP contribution >= 0.6 is 11.8 Å². The van der Waals surface area contributed by atoms with Gasteiger partial charge < -0.3 is 4.57 Å². The van der Waals surface area contributed by atoms with E-state index in [1.807, 2.05) is 23.6 Å². The average Bonchev–Trinajstić information content (AvgIpc) is 3.04. The fourth-order valence-electron chi connectivity index (χ4n) is 2.24. The maximum atomic E-state index is 12.9. The van der Waals surface area contributed by atoms with Crippen molar-refractivity contribution in [2.75, 3.05) is 5.75 Å². The Balaban J connectivity index is 1.75. The first-order chi connectivity index (χ1) is 11.7. The lowest BCUT2D eigenvalue weighted by Gasteiger charge is -2.06. The maximum Gasteiger partial charge on any atom is 0.191 e. The van der Waals surface area contributed by atoms with Crippen LogP contribution in [0, 0.1) is 5.82 Å². The van der Waals surface area contributed by atoms with Crippen LogP contribution in [0.15, 0.2) is 53.9 Å². The summed E-state index contributed by atoms with van der Waals surface area (Å²) in [5.41, 5.74) is 1.36. The van der Waals surface area contributed by atoms with Crippen LogP contribution in [0.1, 0.15) is 17.3 Å². The van der Waals surface area contributed by atoms with E-state index >= 15 is 0 Å².